The molecule has 1 aliphatic heterocycles. The molecule has 0 atom stereocenters. The van der Waals surface area contributed by atoms with Gasteiger partial charge in [0.25, 0.3) is 0 Å². The number of aliphatic hydroxyl groups excluding tert-OH is 2. The van der Waals surface area contributed by atoms with Crippen LogP contribution < -0.4 is 5.32 Å². The van der Waals surface area contributed by atoms with Crippen molar-refractivity contribution >= 4 is 0 Å². The molecule has 0 aliphatic carbocycles. The minimum Gasteiger partial charge on any atom is -0.400 e. The van der Waals surface area contributed by atoms with Crippen LogP contribution in [0.1, 0.15) is 19.8 Å². The van der Waals surface area contributed by atoms with Gasteiger partial charge in [-0.25, -0.2) is 0 Å². The molecule has 3 heteroatoms. The summed E-state index contributed by atoms with van der Waals surface area (Å²) in [4.78, 5) is 0. The zero-order chi connectivity index (χ0) is 8.24. The minimum absolute atomic E-state index is 0.250. The van der Waals surface area contributed by atoms with Gasteiger partial charge in [-0.05, 0) is 32.9 Å². The quantitative estimate of drug-likeness (QED) is 0.453. The first-order chi connectivity index (χ1) is 4.91. The van der Waals surface area contributed by atoms with Crippen molar-refractivity contribution in [2.45, 2.75) is 19.8 Å². The fourth-order valence-corrected chi connectivity index (χ4v) is 0.625. The molecule has 0 bridgehead atoms. The molecule has 1 rings (SSSR count). The topological polar surface area (TPSA) is 52.5 Å². The molecule has 1 fully saturated rings. The number of hydrogen-bond acceptors (Lipinski definition) is 3. The molecule has 0 amide bonds. The molecule has 3 nitrogen and oxygen atoms in total. The third kappa shape index (κ3) is 15.7. The van der Waals surface area contributed by atoms with Gasteiger partial charge in [0, 0.05) is 13.7 Å². The highest BCUT2D eigenvalue weighted by atomic mass is 16.2. The summed E-state index contributed by atoms with van der Waals surface area (Å²) in [5, 5.41) is 17.8. The summed E-state index contributed by atoms with van der Waals surface area (Å²) in [5.41, 5.74) is 0. The van der Waals surface area contributed by atoms with Gasteiger partial charge in [-0.3, -0.25) is 0 Å². The Kier molecular flexibility index (Phi) is 20.0. The smallest absolute Gasteiger partial charge is 0.0402 e. The van der Waals surface area contributed by atoms with Gasteiger partial charge in [0.1, 0.15) is 0 Å². The molecule has 0 aromatic heterocycles. The van der Waals surface area contributed by atoms with Crippen molar-refractivity contribution in [2.24, 2.45) is 0 Å². The van der Waals surface area contributed by atoms with Crippen molar-refractivity contribution in [3.05, 3.63) is 0 Å². The predicted octanol–water partition coefficient (Wildman–Crippen LogP) is -0.0231. The van der Waals surface area contributed by atoms with Crippen molar-refractivity contribution < 1.29 is 10.2 Å². The maximum absolute atomic E-state index is 7.57. The Morgan fingerprint density at radius 1 is 1.20 bits per heavy atom. The molecule has 1 aliphatic rings. The second-order valence-corrected chi connectivity index (χ2v) is 1.77. The van der Waals surface area contributed by atoms with Crippen LogP contribution in [0.25, 0.3) is 0 Å². The standard InChI is InChI=1S/C4H9N.C2H6O.CH4O/c1-2-4-5-3-1;1-2-3;1-2/h5H,1-4H2;3H,2H2,1H3;2H,1H3. The van der Waals surface area contributed by atoms with E-state index in [0.717, 1.165) is 7.11 Å². The van der Waals surface area contributed by atoms with Crippen molar-refractivity contribution in [1.29, 1.82) is 0 Å². The Hall–Kier alpha value is -0.120. The highest BCUT2D eigenvalue weighted by Crippen LogP contribution is 1.90. The monoisotopic (exact) mass is 149 g/mol. The Labute approximate surface area is 63.1 Å². The van der Waals surface area contributed by atoms with E-state index in [0.29, 0.717) is 0 Å². The van der Waals surface area contributed by atoms with E-state index in [-0.39, 0.29) is 6.61 Å². The highest BCUT2D eigenvalue weighted by molar-refractivity contribution is 4.55. The summed E-state index contributed by atoms with van der Waals surface area (Å²) >= 11 is 0. The van der Waals surface area contributed by atoms with Crippen LogP contribution in [-0.2, 0) is 0 Å². The molecule has 0 aromatic carbocycles. The Bertz CT molecular complexity index is 31.0. The predicted molar refractivity (Wildman–Crippen MR) is 43.0 cm³/mol. The van der Waals surface area contributed by atoms with Gasteiger partial charge in [-0.15, -0.1) is 0 Å². The Balaban J connectivity index is 0. The van der Waals surface area contributed by atoms with Gasteiger partial charge in [-0.2, -0.15) is 0 Å². The van der Waals surface area contributed by atoms with E-state index >= 15 is 0 Å². The first kappa shape index (κ1) is 12.5. The Morgan fingerprint density at radius 3 is 1.60 bits per heavy atom. The van der Waals surface area contributed by atoms with E-state index in [4.69, 9.17) is 10.2 Å². The largest absolute Gasteiger partial charge is 0.400 e. The number of aliphatic hydroxyl groups is 2. The molecule has 3 N–H and O–H groups in total. The van der Waals surface area contributed by atoms with Crippen LogP contribution >= 0.6 is 0 Å². The maximum atomic E-state index is 7.57. The molecule has 0 saturated carbocycles. The third-order valence-corrected chi connectivity index (χ3v) is 0.957. The minimum atomic E-state index is 0.250. The van der Waals surface area contributed by atoms with Gasteiger partial charge < -0.3 is 15.5 Å². The number of nitrogens with one attached hydrogen (secondary N) is 1. The number of hydrogen-bond donors (Lipinski definition) is 3. The van der Waals surface area contributed by atoms with E-state index in [2.05, 4.69) is 5.32 Å². The van der Waals surface area contributed by atoms with Crippen LogP contribution in [-0.4, -0.2) is 37.0 Å². The van der Waals surface area contributed by atoms with E-state index in [1.165, 1.54) is 25.9 Å². The number of rotatable bonds is 0. The average Bonchev–Trinajstić information content (AvgIpc) is 2.48. The Morgan fingerprint density at radius 2 is 1.50 bits per heavy atom. The lowest BCUT2D eigenvalue weighted by molar-refractivity contribution is 0.318. The molecule has 0 unspecified atom stereocenters. The summed E-state index contributed by atoms with van der Waals surface area (Å²) in [6.07, 6.45) is 2.78. The van der Waals surface area contributed by atoms with Gasteiger partial charge in [0.2, 0.25) is 0 Å². The summed E-state index contributed by atoms with van der Waals surface area (Å²) < 4.78 is 0. The molecule has 0 spiro atoms. The molecule has 1 heterocycles. The van der Waals surface area contributed by atoms with E-state index in [1.54, 1.807) is 6.92 Å². The summed E-state index contributed by atoms with van der Waals surface area (Å²) in [6.45, 7) is 4.43. The van der Waals surface area contributed by atoms with Gasteiger partial charge in [-0.1, -0.05) is 0 Å². The molecule has 1 saturated heterocycles. The molecular formula is C7H19NO2. The summed E-state index contributed by atoms with van der Waals surface area (Å²) in [7, 11) is 1.00. The van der Waals surface area contributed by atoms with Crippen LogP contribution in [0.2, 0.25) is 0 Å². The highest BCUT2D eigenvalue weighted by Gasteiger charge is 1.93. The second-order valence-electron chi connectivity index (χ2n) is 1.77. The lowest BCUT2D eigenvalue weighted by atomic mass is 10.4. The molecule has 64 valence electrons. The lowest BCUT2D eigenvalue weighted by Gasteiger charge is -1.76. The van der Waals surface area contributed by atoms with Crippen LogP contribution in [0.5, 0.6) is 0 Å². The first-order valence-electron chi connectivity index (χ1n) is 3.68. The van der Waals surface area contributed by atoms with Crippen molar-refractivity contribution in [2.75, 3.05) is 26.8 Å². The first-order valence-corrected chi connectivity index (χ1v) is 3.68. The van der Waals surface area contributed by atoms with Crippen molar-refractivity contribution in [3.8, 4) is 0 Å². The molecular weight excluding hydrogens is 130 g/mol. The average molecular weight is 149 g/mol. The zero-order valence-electron chi connectivity index (χ0n) is 6.93. The third-order valence-electron chi connectivity index (χ3n) is 0.957. The lowest BCUT2D eigenvalue weighted by Crippen LogP contribution is -2.03. The van der Waals surface area contributed by atoms with Gasteiger partial charge >= 0.3 is 0 Å². The van der Waals surface area contributed by atoms with Crippen LogP contribution in [0.3, 0.4) is 0 Å². The molecule has 0 radical (unpaired) electrons. The van der Waals surface area contributed by atoms with Crippen LogP contribution in [0, 0.1) is 0 Å². The summed E-state index contributed by atoms with van der Waals surface area (Å²) in [6, 6.07) is 0. The fourth-order valence-electron chi connectivity index (χ4n) is 0.625. The zero-order valence-corrected chi connectivity index (χ0v) is 6.93. The molecule has 0 aromatic rings. The van der Waals surface area contributed by atoms with Crippen molar-refractivity contribution in [3.63, 3.8) is 0 Å². The van der Waals surface area contributed by atoms with Crippen molar-refractivity contribution in [1.82, 2.24) is 5.32 Å². The summed E-state index contributed by atoms with van der Waals surface area (Å²) in [5.74, 6) is 0. The van der Waals surface area contributed by atoms with E-state index in [1.807, 2.05) is 0 Å². The van der Waals surface area contributed by atoms with Crippen LogP contribution in [0.15, 0.2) is 0 Å². The van der Waals surface area contributed by atoms with Gasteiger partial charge in [0.15, 0.2) is 0 Å². The maximum Gasteiger partial charge on any atom is 0.0402 e. The SMILES string of the molecule is C1CCNC1.CCO.CO. The fraction of sp³-hybridized carbons (Fsp3) is 1.00. The van der Waals surface area contributed by atoms with E-state index in [9.17, 15) is 0 Å². The van der Waals surface area contributed by atoms with Crippen LogP contribution in [0.4, 0.5) is 0 Å². The van der Waals surface area contributed by atoms with Gasteiger partial charge in [0.05, 0.1) is 0 Å². The van der Waals surface area contributed by atoms with E-state index < -0.39 is 0 Å². The normalized spacial score (nSPS) is 14.4. The molecule has 10 heavy (non-hydrogen) atoms. The second kappa shape index (κ2) is 15.9.